The fourth-order valence-corrected chi connectivity index (χ4v) is 2.64. The van der Waals surface area contributed by atoms with Crippen LogP contribution >= 0.6 is 0 Å². The molecule has 6 nitrogen and oxygen atoms in total. The van der Waals surface area contributed by atoms with Crippen LogP contribution < -0.4 is 0 Å². The highest BCUT2D eigenvalue weighted by Crippen LogP contribution is 2.34. The van der Waals surface area contributed by atoms with Gasteiger partial charge in [-0.3, -0.25) is 9.78 Å². The van der Waals surface area contributed by atoms with Crippen LogP contribution in [0.25, 0.3) is 11.3 Å². The zero-order valence-corrected chi connectivity index (χ0v) is 10.8. The molecule has 0 saturated heterocycles. The number of hydrogen-bond acceptors (Lipinski definition) is 3. The predicted molar refractivity (Wildman–Crippen MR) is 69.1 cm³/mol. The summed E-state index contributed by atoms with van der Waals surface area (Å²) in [5, 5.41) is 20.6. The van der Waals surface area contributed by atoms with E-state index in [1.165, 1.54) is 0 Å². The number of nitrogens with zero attached hydrogens (tertiary/aromatic N) is 3. The van der Waals surface area contributed by atoms with Crippen LogP contribution in [0.1, 0.15) is 41.5 Å². The van der Waals surface area contributed by atoms with E-state index in [4.69, 9.17) is 0 Å². The molecule has 2 aromatic heterocycles. The lowest BCUT2D eigenvalue weighted by Crippen LogP contribution is -2.08. The molecule has 0 atom stereocenters. The molecule has 0 bridgehead atoms. The van der Waals surface area contributed by atoms with Gasteiger partial charge in [-0.1, -0.05) is 13.3 Å². The Morgan fingerprint density at radius 2 is 2.37 bits per heavy atom. The smallest absolute Gasteiger partial charge is 0.356 e. The Kier molecular flexibility index (Phi) is 2.85. The molecule has 1 aliphatic rings. The standard InChI is InChI=1S/C13H16N4O2/c1-2-3-6-17-12-8(11(16-17)13(18)19)4-5-10-9(12)7-14-15-10/h7H,2-6H2,1H3,(H,14,15)(H,18,19). The minimum atomic E-state index is -0.946. The maximum Gasteiger partial charge on any atom is 0.356 e. The molecule has 0 aromatic carbocycles. The number of carbonyl (C=O) groups is 1. The first kappa shape index (κ1) is 12.0. The summed E-state index contributed by atoms with van der Waals surface area (Å²) in [4.78, 5) is 11.3. The van der Waals surface area contributed by atoms with Gasteiger partial charge in [0.1, 0.15) is 0 Å². The van der Waals surface area contributed by atoms with Crippen LogP contribution in [0.3, 0.4) is 0 Å². The Morgan fingerprint density at radius 3 is 3.11 bits per heavy atom. The van der Waals surface area contributed by atoms with E-state index in [-0.39, 0.29) is 5.69 Å². The van der Waals surface area contributed by atoms with E-state index < -0.39 is 5.97 Å². The topological polar surface area (TPSA) is 83.8 Å². The third kappa shape index (κ3) is 1.83. The molecule has 0 radical (unpaired) electrons. The first-order valence-corrected chi connectivity index (χ1v) is 6.58. The van der Waals surface area contributed by atoms with Gasteiger partial charge >= 0.3 is 5.97 Å². The van der Waals surface area contributed by atoms with Crippen LogP contribution in [0.2, 0.25) is 0 Å². The summed E-state index contributed by atoms with van der Waals surface area (Å²) in [7, 11) is 0. The highest BCUT2D eigenvalue weighted by Gasteiger charge is 2.28. The molecule has 1 aliphatic carbocycles. The molecule has 0 unspecified atom stereocenters. The van der Waals surface area contributed by atoms with E-state index in [0.29, 0.717) is 6.42 Å². The number of carboxylic acid groups (broad SMARTS) is 1. The van der Waals surface area contributed by atoms with Gasteiger partial charge in [-0.25, -0.2) is 4.79 Å². The van der Waals surface area contributed by atoms with Crippen molar-refractivity contribution >= 4 is 5.97 Å². The van der Waals surface area contributed by atoms with E-state index in [0.717, 1.165) is 48.3 Å². The molecule has 19 heavy (non-hydrogen) atoms. The van der Waals surface area contributed by atoms with Crippen LogP contribution in [-0.2, 0) is 19.4 Å². The van der Waals surface area contributed by atoms with E-state index in [1.807, 2.05) is 4.68 Å². The number of hydrogen-bond donors (Lipinski definition) is 2. The molecule has 0 amide bonds. The molecule has 100 valence electrons. The number of carboxylic acids is 1. The second-order valence-electron chi connectivity index (χ2n) is 4.82. The van der Waals surface area contributed by atoms with Gasteiger partial charge in [0.05, 0.1) is 11.9 Å². The zero-order valence-electron chi connectivity index (χ0n) is 10.8. The van der Waals surface area contributed by atoms with Crippen molar-refractivity contribution in [3.05, 3.63) is 23.1 Å². The average molecular weight is 260 g/mol. The summed E-state index contributed by atoms with van der Waals surface area (Å²) in [6.07, 6.45) is 5.30. The van der Waals surface area contributed by atoms with Crippen LogP contribution in [0.15, 0.2) is 6.20 Å². The number of aryl methyl sites for hydroxylation is 2. The van der Waals surface area contributed by atoms with Crippen molar-refractivity contribution in [1.29, 1.82) is 0 Å². The minimum absolute atomic E-state index is 0.193. The number of aromatic amines is 1. The van der Waals surface area contributed by atoms with Gasteiger partial charge in [0.2, 0.25) is 0 Å². The maximum atomic E-state index is 11.3. The molecule has 2 N–H and O–H groups in total. The normalized spacial score (nSPS) is 13.1. The lowest BCUT2D eigenvalue weighted by molar-refractivity contribution is 0.0688. The Labute approximate surface area is 110 Å². The van der Waals surface area contributed by atoms with E-state index >= 15 is 0 Å². The molecule has 3 rings (SSSR count). The third-order valence-electron chi connectivity index (χ3n) is 3.57. The number of fused-ring (bicyclic) bond motifs is 3. The fourth-order valence-electron chi connectivity index (χ4n) is 2.64. The summed E-state index contributed by atoms with van der Waals surface area (Å²) in [6, 6.07) is 0. The molecule has 0 fully saturated rings. The summed E-state index contributed by atoms with van der Waals surface area (Å²) in [5.74, 6) is -0.946. The van der Waals surface area contributed by atoms with Gasteiger partial charge in [0.15, 0.2) is 5.69 Å². The Hall–Kier alpha value is -2.11. The van der Waals surface area contributed by atoms with Gasteiger partial charge < -0.3 is 5.11 Å². The van der Waals surface area contributed by atoms with Gasteiger partial charge in [0.25, 0.3) is 0 Å². The second kappa shape index (κ2) is 4.53. The summed E-state index contributed by atoms with van der Waals surface area (Å²) >= 11 is 0. The summed E-state index contributed by atoms with van der Waals surface area (Å²) < 4.78 is 1.83. The number of aromatic nitrogens is 4. The monoisotopic (exact) mass is 260 g/mol. The van der Waals surface area contributed by atoms with Crippen molar-refractivity contribution in [2.75, 3.05) is 0 Å². The Bertz CT molecular complexity index is 627. The highest BCUT2D eigenvalue weighted by molar-refractivity contribution is 5.90. The van der Waals surface area contributed by atoms with E-state index in [9.17, 15) is 9.90 Å². The number of aromatic carboxylic acids is 1. The maximum absolute atomic E-state index is 11.3. The van der Waals surface area contributed by atoms with Gasteiger partial charge in [-0.15, -0.1) is 0 Å². The lowest BCUT2D eigenvalue weighted by atomic mass is 9.94. The quantitative estimate of drug-likeness (QED) is 0.879. The van der Waals surface area contributed by atoms with E-state index in [1.54, 1.807) is 6.20 Å². The lowest BCUT2D eigenvalue weighted by Gasteiger charge is -2.14. The number of rotatable bonds is 4. The Morgan fingerprint density at radius 1 is 1.53 bits per heavy atom. The molecular formula is C13H16N4O2. The van der Waals surface area contributed by atoms with Crippen LogP contribution in [0.4, 0.5) is 0 Å². The molecule has 6 heteroatoms. The summed E-state index contributed by atoms with van der Waals surface area (Å²) in [6.45, 7) is 2.86. The van der Waals surface area contributed by atoms with Crippen molar-refractivity contribution in [3.63, 3.8) is 0 Å². The molecule has 2 aromatic rings. The molecule has 0 spiro atoms. The van der Waals surface area contributed by atoms with Gasteiger partial charge in [-0.2, -0.15) is 10.2 Å². The fraction of sp³-hybridized carbons (Fsp3) is 0.462. The molecule has 0 saturated carbocycles. The molecule has 2 heterocycles. The van der Waals surface area contributed by atoms with Crippen molar-refractivity contribution < 1.29 is 9.90 Å². The minimum Gasteiger partial charge on any atom is -0.476 e. The van der Waals surface area contributed by atoms with Crippen LogP contribution in [0, 0.1) is 0 Å². The Balaban J connectivity index is 2.15. The van der Waals surface area contributed by atoms with Crippen LogP contribution in [-0.4, -0.2) is 31.1 Å². The molecular weight excluding hydrogens is 244 g/mol. The largest absolute Gasteiger partial charge is 0.476 e. The highest BCUT2D eigenvalue weighted by atomic mass is 16.4. The first-order valence-electron chi connectivity index (χ1n) is 6.58. The average Bonchev–Trinajstić information content (AvgIpc) is 2.99. The zero-order chi connectivity index (χ0) is 13.4. The number of unbranched alkanes of at least 4 members (excludes halogenated alkanes) is 1. The van der Waals surface area contributed by atoms with Crippen molar-refractivity contribution in [2.24, 2.45) is 0 Å². The summed E-state index contributed by atoms with van der Waals surface area (Å²) in [5.41, 5.74) is 4.04. The van der Waals surface area contributed by atoms with Gasteiger partial charge in [0, 0.05) is 23.4 Å². The van der Waals surface area contributed by atoms with Gasteiger partial charge in [-0.05, 0) is 19.3 Å². The second-order valence-corrected chi connectivity index (χ2v) is 4.82. The number of nitrogens with one attached hydrogen (secondary N) is 1. The SMILES string of the molecule is CCCCn1nc(C(=O)O)c2c1-c1cn[nH]c1CC2. The molecule has 0 aliphatic heterocycles. The van der Waals surface area contributed by atoms with Crippen molar-refractivity contribution in [1.82, 2.24) is 20.0 Å². The van der Waals surface area contributed by atoms with E-state index in [2.05, 4.69) is 22.2 Å². The number of H-pyrrole nitrogens is 1. The third-order valence-corrected chi connectivity index (χ3v) is 3.57. The first-order chi connectivity index (χ1) is 9.22. The van der Waals surface area contributed by atoms with Crippen molar-refractivity contribution in [3.8, 4) is 11.3 Å². The van der Waals surface area contributed by atoms with Crippen LogP contribution in [0.5, 0.6) is 0 Å². The van der Waals surface area contributed by atoms with Crippen molar-refractivity contribution in [2.45, 2.75) is 39.2 Å². The predicted octanol–water partition coefficient (Wildman–Crippen LogP) is 1.87.